The molecular formula is C10H17N7. The molecule has 0 fully saturated rings. The summed E-state index contributed by atoms with van der Waals surface area (Å²) in [5.41, 5.74) is 5.67. The van der Waals surface area contributed by atoms with Gasteiger partial charge in [-0.3, -0.25) is 15.2 Å². The lowest BCUT2D eigenvalue weighted by atomic mass is 10.1. The molecule has 0 aromatic carbocycles. The van der Waals surface area contributed by atoms with Crippen LogP contribution in [0.5, 0.6) is 0 Å². The van der Waals surface area contributed by atoms with Crippen molar-refractivity contribution in [2.45, 2.75) is 26.4 Å². The van der Waals surface area contributed by atoms with Gasteiger partial charge in [0.15, 0.2) is 0 Å². The van der Waals surface area contributed by atoms with Gasteiger partial charge in [0.1, 0.15) is 6.04 Å². The number of nitrogens with zero attached hydrogens (tertiary/aromatic N) is 5. The third-order valence-corrected chi connectivity index (χ3v) is 2.74. The molecule has 7 heteroatoms. The highest BCUT2D eigenvalue weighted by Gasteiger charge is 2.20. The van der Waals surface area contributed by atoms with Gasteiger partial charge in [0.2, 0.25) is 0 Å². The predicted molar refractivity (Wildman–Crippen MR) is 62.8 cm³/mol. The van der Waals surface area contributed by atoms with Crippen LogP contribution < -0.4 is 11.3 Å². The molecule has 2 heterocycles. The number of hydrogen-bond acceptors (Lipinski definition) is 5. The van der Waals surface area contributed by atoms with Gasteiger partial charge in [-0.25, -0.2) is 5.43 Å². The molecule has 17 heavy (non-hydrogen) atoms. The van der Waals surface area contributed by atoms with Gasteiger partial charge in [-0.2, -0.15) is 5.10 Å². The first kappa shape index (κ1) is 11.7. The number of hydrazine groups is 1. The second kappa shape index (κ2) is 4.64. The Labute approximate surface area is 99.6 Å². The van der Waals surface area contributed by atoms with E-state index >= 15 is 0 Å². The molecule has 2 aromatic heterocycles. The van der Waals surface area contributed by atoms with Crippen LogP contribution in [0.25, 0.3) is 0 Å². The Bertz CT molecular complexity index is 498. The first-order chi connectivity index (χ1) is 8.17. The Hall–Kier alpha value is -1.73. The molecule has 92 valence electrons. The number of aryl methyl sites for hydroxylation is 3. The molecule has 0 aliphatic rings. The molecule has 1 atom stereocenters. The van der Waals surface area contributed by atoms with Crippen molar-refractivity contribution in [3.8, 4) is 0 Å². The summed E-state index contributed by atoms with van der Waals surface area (Å²) >= 11 is 0. The molecule has 1 unspecified atom stereocenters. The van der Waals surface area contributed by atoms with E-state index < -0.39 is 0 Å². The quantitative estimate of drug-likeness (QED) is 0.570. The van der Waals surface area contributed by atoms with Crippen LogP contribution in [0.3, 0.4) is 0 Å². The van der Waals surface area contributed by atoms with Crippen LogP contribution in [0, 0.1) is 6.92 Å². The number of nitrogens with one attached hydrogen (secondary N) is 1. The maximum Gasteiger partial charge on any atom is 0.106 e. The molecule has 7 nitrogen and oxygen atoms in total. The molecule has 0 spiro atoms. The molecule has 0 aliphatic carbocycles. The van der Waals surface area contributed by atoms with Crippen LogP contribution in [0.4, 0.5) is 0 Å². The summed E-state index contributed by atoms with van der Waals surface area (Å²) in [5, 5.41) is 12.2. The zero-order chi connectivity index (χ0) is 12.4. The van der Waals surface area contributed by atoms with Crippen LogP contribution in [0.1, 0.15) is 30.0 Å². The smallest absolute Gasteiger partial charge is 0.106 e. The van der Waals surface area contributed by atoms with E-state index in [1.807, 2.05) is 31.6 Å². The van der Waals surface area contributed by atoms with Gasteiger partial charge in [0.05, 0.1) is 23.3 Å². The van der Waals surface area contributed by atoms with E-state index in [9.17, 15) is 0 Å². The molecule has 0 saturated carbocycles. The van der Waals surface area contributed by atoms with Crippen LogP contribution in [-0.4, -0.2) is 24.8 Å². The second-order valence-corrected chi connectivity index (χ2v) is 3.91. The summed E-state index contributed by atoms with van der Waals surface area (Å²) in [7, 11) is 1.84. The van der Waals surface area contributed by atoms with Crippen LogP contribution in [0.2, 0.25) is 0 Å². The molecule has 0 radical (unpaired) electrons. The second-order valence-electron chi connectivity index (χ2n) is 3.91. The fourth-order valence-corrected chi connectivity index (χ4v) is 1.93. The number of rotatable bonds is 4. The van der Waals surface area contributed by atoms with Gasteiger partial charge in [-0.15, -0.1) is 5.10 Å². The van der Waals surface area contributed by atoms with Gasteiger partial charge in [0, 0.05) is 13.6 Å². The van der Waals surface area contributed by atoms with E-state index in [0.717, 1.165) is 23.6 Å². The standard InChI is InChI=1S/C10H17N7/c1-4-17-8(5-7(2)14-17)10(13-11)9-6-12-15-16(9)3/h5-6,10,13H,4,11H2,1-3H3. The number of hydrogen-bond donors (Lipinski definition) is 2. The minimum atomic E-state index is -0.156. The van der Waals surface area contributed by atoms with E-state index in [2.05, 4.69) is 20.8 Å². The Morgan fingerprint density at radius 3 is 2.76 bits per heavy atom. The van der Waals surface area contributed by atoms with Crippen molar-refractivity contribution < 1.29 is 0 Å². The number of aromatic nitrogens is 5. The lowest BCUT2D eigenvalue weighted by molar-refractivity contribution is 0.513. The van der Waals surface area contributed by atoms with Crippen molar-refractivity contribution in [3.63, 3.8) is 0 Å². The minimum absolute atomic E-state index is 0.156. The Morgan fingerprint density at radius 1 is 1.47 bits per heavy atom. The monoisotopic (exact) mass is 235 g/mol. The van der Waals surface area contributed by atoms with E-state index in [-0.39, 0.29) is 6.04 Å². The molecule has 3 N–H and O–H groups in total. The van der Waals surface area contributed by atoms with E-state index in [1.165, 1.54) is 0 Å². The van der Waals surface area contributed by atoms with Gasteiger partial charge in [-0.1, -0.05) is 5.21 Å². The van der Waals surface area contributed by atoms with Crippen molar-refractivity contribution in [1.29, 1.82) is 0 Å². The first-order valence-corrected chi connectivity index (χ1v) is 5.52. The summed E-state index contributed by atoms with van der Waals surface area (Å²) in [6, 6.07) is 1.86. The highest BCUT2D eigenvalue weighted by atomic mass is 15.4. The zero-order valence-corrected chi connectivity index (χ0v) is 10.3. The third kappa shape index (κ3) is 2.06. The summed E-state index contributed by atoms with van der Waals surface area (Å²) in [5.74, 6) is 5.64. The highest BCUT2D eigenvalue weighted by molar-refractivity contribution is 5.22. The summed E-state index contributed by atoms with van der Waals surface area (Å²) in [4.78, 5) is 0. The Morgan fingerprint density at radius 2 is 2.24 bits per heavy atom. The molecule has 2 rings (SSSR count). The summed E-state index contributed by atoms with van der Waals surface area (Å²) in [6.45, 7) is 4.81. The maximum atomic E-state index is 5.64. The Kier molecular flexibility index (Phi) is 3.21. The van der Waals surface area contributed by atoms with Crippen molar-refractivity contribution >= 4 is 0 Å². The van der Waals surface area contributed by atoms with Crippen LogP contribution in [0.15, 0.2) is 12.3 Å². The minimum Gasteiger partial charge on any atom is -0.270 e. The van der Waals surface area contributed by atoms with Crippen molar-refractivity contribution in [2.24, 2.45) is 12.9 Å². The third-order valence-electron chi connectivity index (χ3n) is 2.74. The van der Waals surface area contributed by atoms with E-state index in [4.69, 9.17) is 5.84 Å². The molecular weight excluding hydrogens is 218 g/mol. The molecule has 2 aromatic rings. The lowest BCUT2D eigenvalue weighted by Gasteiger charge is -2.16. The average Bonchev–Trinajstić information content (AvgIpc) is 2.88. The normalized spacial score (nSPS) is 12.9. The predicted octanol–water partition coefficient (Wildman–Crippen LogP) is -0.107. The summed E-state index contributed by atoms with van der Waals surface area (Å²) < 4.78 is 3.62. The highest BCUT2D eigenvalue weighted by Crippen LogP contribution is 2.20. The Balaban J connectivity index is 2.45. The van der Waals surface area contributed by atoms with E-state index in [1.54, 1.807) is 10.9 Å². The topological polar surface area (TPSA) is 86.6 Å². The fraction of sp³-hybridized carbons (Fsp3) is 0.500. The largest absolute Gasteiger partial charge is 0.270 e. The van der Waals surface area contributed by atoms with E-state index in [0.29, 0.717) is 0 Å². The van der Waals surface area contributed by atoms with Crippen molar-refractivity contribution in [1.82, 2.24) is 30.2 Å². The first-order valence-electron chi connectivity index (χ1n) is 5.52. The molecule has 0 saturated heterocycles. The lowest BCUT2D eigenvalue weighted by Crippen LogP contribution is -2.32. The van der Waals surface area contributed by atoms with Gasteiger partial charge < -0.3 is 0 Å². The molecule has 0 amide bonds. The van der Waals surface area contributed by atoms with Crippen LogP contribution >= 0.6 is 0 Å². The van der Waals surface area contributed by atoms with Crippen molar-refractivity contribution in [2.75, 3.05) is 0 Å². The average molecular weight is 235 g/mol. The van der Waals surface area contributed by atoms with Crippen LogP contribution in [-0.2, 0) is 13.6 Å². The molecule has 0 aliphatic heterocycles. The maximum absolute atomic E-state index is 5.64. The molecule has 0 bridgehead atoms. The number of nitrogens with two attached hydrogens (primary N) is 1. The fourth-order valence-electron chi connectivity index (χ4n) is 1.93. The van der Waals surface area contributed by atoms with Crippen molar-refractivity contribution in [3.05, 3.63) is 29.3 Å². The zero-order valence-electron chi connectivity index (χ0n) is 10.3. The van der Waals surface area contributed by atoms with Gasteiger partial charge >= 0.3 is 0 Å². The SMILES string of the molecule is CCn1nc(C)cc1C(NN)c1cnnn1C. The summed E-state index contributed by atoms with van der Waals surface area (Å²) in [6.07, 6.45) is 1.70. The van der Waals surface area contributed by atoms with Gasteiger partial charge in [0.25, 0.3) is 0 Å². The van der Waals surface area contributed by atoms with Gasteiger partial charge in [-0.05, 0) is 19.9 Å².